The summed E-state index contributed by atoms with van der Waals surface area (Å²) in [5.41, 5.74) is 3.15. The van der Waals surface area contributed by atoms with Crippen molar-refractivity contribution in [2.75, 3.05) is 37.4 Å². The zero-order valence-electron chi connectivity index (χ0n) is 20.2. The van der Waals surface area contributed by atoms with E-state index < -0.39 is 0 Å². The number of hydrogen-bond acceptors (Lipinski definition) is 8. The molecule has 3 N–H and O–H groups in total. The molecule has 4 aromatic rings. The van der Waals surface area contributed by atoms with Gasteiger partial charge >= 0.3 is 0 Å². The Kier molecular flexibility index (Phi) is 7.07. The third-order valence-electron chi connectivity index (χ3n) is 6.14. The number of carbonyl (C=O) groups excluding carboxylic acids is 2. The highest BCUT2D eigenvalue weighted by Crippen LogP contribution is 2.31. The lowest BCUT2D eigenvalue weighted by molar-refractivity contribution is -0.116. The van der Waals surface area contributed by atoms with Crippen molar-refractivity contribution in [2.24, 2.45) is 5.92 Å². The Balaban J connectivity index is 1.29. The van der Waals surface area contributed by atoms with Crippen LogP contribution in [0.3, 0.4) is 0 Å². The highest BCUT2D eigenvalue weighted by atomic mass is 32.1. The quantitative estimate of drug-likeness (QED) is 0.317. The molecule has 0 aliphatic carbocycles. The molecule has 0 saturated carbocycles. The largest absolute Gasteiger partial charge is 0.383 e. The highest BCUT2D eigenvalue weighted by Gasteiger charge is 2.20. The Hall–Kier alpha value is -3.61. The minimum absolute atomic E-state index is 0.0540. The first-order valence-corrected chi connectivity index (χ1v) is 12.6. The Bertz CT molecular complexity index is 1390. The molecule has 12 heteroatoms. The van der Waals surface area contributed by atoms with Gasteiger partial charge in [-0.1, -0.05) is 0 Å². The van der Waals surface area contributed by atoms with E-state index in [0.717, 1.165) is 34.8 Å². The average molecular weight is 509 g/mol. The van der Waals surface area contributed by atoms with E-state index in [9.17, 15) is 9.59 Å². The van der Waals surface area contributed by atoms with Crippen LogP contribution in [0.1, 0.15) is 28.9 Å². The first-order valence-electron chi connectivity index (χ1n) is 11.8. The number of methoxy groups -OCH3 is 1. The van der Waals surface area contributed by atoms with Gasteiger partial charge in [0.05, 0.1) is 59.3 Å². The van der Waals surface area contributed by atoms with Crippen molar-refractivity contribution < 1.29 is 14.3 Å². The Morgan fingerprint density at radius 2 is 2.11 bits per heavy atom. The predicted molar refractivity (Wildman–Crippen MR) is 137 cm³/mol. The molecule has 0 spiro atoms. The fourth-order valence-corrected chi connectivity index (χ4v) is 5.19. The summed E-state index contributed by atoms with van der Waals surface area (Å²) in [6.45, 7) is 4.87. The summed E-state index contributed by atoms with van der Waals surface area (Å²) in [5, 5.41) is 17.8. The Morgan fingerprint density at radius 1 is 1.22 bits per heavy atom. The molecule has 1 fully saturated rings. The third-order valence-corrected chi connectivity index (χ3v) is 7.30. The molecule has 11 nitrogen and oxygen atoms in total. The molecule has 5 heterocycles. The first kappa shape index (κ1) is 24.1. The zero-order valence-corrected chi connectivity index (χ0v) is 21.0. The topological polar surface area (TPSA) is 127 Å². The number of nitrogens with zero attached hydrogens (tertiary/aromatic N) is 5. The summed E-state index contributed by atoms with van der Waals surface area (Å²) in [7, 11) is 1.66. The minimum atomic E-state index is -0.292. The van der Waals surface area contributed by atoms with Crippen molar-refractivity contribution in [1.29, 1.82) is 0 Å². The van der Waals surface area contributed by atoms with Crippen molar-refractivity contribution in [3.05, 3.63) is 48.3 Å². The fraction of sp³-hybridized carbons (Fsp3) is 0.375. The smallest absolute Gasteiger partial charge is 0.260 e. The van der Waals surface area contributed by atoms with E-state index in [4.69, 9.17) is 4.74 Å². The average Bonchev–Trinajstić information content (AvgIpc) is 3.64. The molecular formula is C24H28N8O3S. The maximum atomic E-state index is 13.2. The molecule has 0 bridgehead atoms. The van der Waals surface area contributed by atoms with Crippen LogP contribution in [0.2, 0.25) is 0 Å². The summed E-state index contributed by atoms with van der Waals surface area (Å²) in [5.74, 6) is 0.00365. The first-order chi connectivity index (χ1) is 17.5. The molecule has 5 rings (SSSR count). The minimum Gasteiger partial charge on any atom is -0.383 e. The lowest BCUT2D eigenvalue weighted by Crippen LogP contribution is -2.19. The summed E-state index contributed by atoms with van der Waals surface area (Å²) in [4.78, 5) is 31.6. The van der Waals surface area contributed by atoms with E-state index >= 15 is 0 Å². The molecule has 1 saturated heterocycles. The number of rotatable bonds is 9. The number of thiazole rings is 1. The van der Waals surface area contributed by atoms with Crippen LogP contribution in [0.15, 0.2) is 37.1 Å². The van der Waals surface area contributed by atoms with E-state index in [2.05, 4.69) is 31.1 Å². The molecule has 188 valence electrons. The number of anilines is 2. The van der Waals surface area contributed by atoms with Crippen LogP contribution in [-0.2, 0) is 16.1 Å². The number of nitrogens with one attached hydrogen (secondary N) is 3. The lowest BCUT2D eigenvalue weighted by atomic mass is 10.0. The number of amides is 2. The second-order valence-electron chi connectivity index (χ2n) is 8.81. The number of carbonyl (C=O) groups is 2. The molecule has 0 radical (unpaired) electrons. The van der Waals surface area contributed by atoms with E-state index in [0.29, 0.717) is 48.1 Å². The van der Waals surface area contributed by atoms with Crippen LogP contribution in [-0.4, -0.2) is 63.0 Å². The normalized spacial score (nSPS) is 15.4. The summed E-state index contributed by atoms with van der Waals surface area (Å²) in [6.07, 6.45) is 10.2. The van der Waals surface area contributed by atoms with Gasteiger partial charge in [-0.3, -0.25) is 19.3 Å². The third kappa shape index (κ3) is 5.30. The van der Waals surface area contributed by atoms with Gasteiger partial charge < -0.3 is 20.7 Å². The van der Waals surface area contributed by atoms with Crippen molar-refractivity contribution in [1.82, 2.24) is 29.7 Å². The van der Waals surface area contributed by atoms with Crippen LogP contribution in [0.5, 0.6) is 0 Å². The van der Waals surface area contributed by atoms with Gasteiger partial charge in [0.15, 0.2) is 0 Å². The zero-order chi connectivity index (χ0) is 25.1. The number of aromatic nitrogens is 5. The van der Waals surface area contributed by atoms with E-state index in [1.165, 1.54) is 11.3 Å². The second kappa shape index (κ2) is 10.6. The number of fused-ring (bicyclic) bond motifs is 1. The molecule has 0 aromatic carbocycles. The molecule has 1 aliphatic rings. The molecule has 1 atom stereocenters. The number of pyridine rings is 1. The van der Waals surface area contributed by atoms with Gasteiger partial charge in [-0.15, -0.1) is 11.3 Å². The van der Waals surface area contributed by atoms with Gasteiger partial charge in [-0.05, 0) is 38.4 Å². The second-order valence-corrected chi connectivity index (χ2v) is 9.84. The van der Waals surface area contributed by atoms with Crippen molar-refractivity contribution in [3.8, 4) is 10.4 Å². The molecule has 36 heavy (non-hydrogen) atoms. The van der Waals surface area contributed by atoms with Crippen molar-refractivity contribution in [2.45, 2.75) is 26.3 Å². The van der Waals surface area contributed by atoms with E-state index in [1.54, 1.807) is 36.3 Å². The van der Waals surface area contributed by atoms with Crippen LogP contribution in [0, 0.1) is 12.8 Å². The van der Waals surface area contributed by atoms with Crippen molar-refractivity contribution in [3.63, 3.8) is 0 Å². The number of ether oxygens (including phenoxy) is 1. The van der Waals surface area contributed by atoms with E-state index in [1.807, 2.05) is 24.0 Å². The standard InChI is InChI=1S/C24H28N8O3S/c1-15-20(8-18(11-26-15)29-22(33)7-16-3-4-25-9-16)30-23(34)19-12-28-32-14-21(36-24(19)32)17-10-27-31(13-17)5-6-35-2/h8,10-14,16,25H,3-7,9H2,1-2H3,(H,29,33)(H,30,34). The molecular weight excluding hydrogens is 480 g/mol. The molecule has 2 amide bonds. The van der Waals surface area contributed by atoms with Crippen molar-refractivity contribution >= 4 is 39.4 Å². The fourth-order valence-electron chi connectivity index (χ4n) is 4.15. The highest BCUT2D eigenvalue weighted by molar-refractivity contribution is 7.21. The predicted octanol–water partition coefficient (Wildman–Crippen LogP) is 2.80. The summed E-state index contributed by atoms with van der Waals surface area (Å²) >= 11 is 1.47. The number of aryl methyl sites for hydroxylation is 1. The van der Waals surface area contributed by atoms with Crippen LogP contribution < -0.4 is 16.0 Å². The summed E-state index contributed by atoms with van der Waals surface area (Å²) in [6, 6.07) is 1.74. The van der Waals surface area contributed by atoms with Crippen LogP contribution >= 0.6 is 11.3 Å². The monoisotopic (exact) mass is 508 g/mol. The molecule has 4 aromatic heterocycles. The Morgan fingerprint density at radius 3 is 2.92 bits per heavy atom. The van der Waals surface area contributed by atoms with E-state index in [-0.39, 0.29) is 11.8 Å². The lowest BCUT2D eigenvalue weighted by Gasteiger charge is -2.12. The van der Waals surface area contributed by atoms with Gasteiger partial charge in [0.1, 0.15) is 4.83 Å². The van der Waals surface area contributed by atoms with Gasteiger partial charge in [0.25, 0.3) is 5.91 Å². The maximum absolute atomic E-state index is 13.2. The van der Waals surface area contributed by atoms with Gasteiger partial charge in [-0.25, -0.2) is 4.52 Å². The maximum Gasteiger partial charge on any atom is 0.260 e. The SMILES string of the molecule is COCCn1cc(-c2cn3ncc(C(=O)Nc4cc(NC(=O)CC5CCNC5)cnc4C)c3s2)cn1. The summed E-state index contributed by atoms with van der Waals surface area (Å²) < 4.78 is 8.62. The molecule has 1 aliphatic heterocycles. The van der Waals surface area contributed by atoms with Gasteiger partial charge in [-0.2, -0.15) is 10.2 Å². The van der Waals surface area contributed by atoms with Crippen LogP contribution in [0.4, 0.5) is 11.4 Å². The Labute approximate surface area is 211 Å². The van der Waals surface area contributed by atoms with Gasteiger partial charge in [0, 0.05) is 31.5 Å². The molecule has 1 unspecified atom stereocenters. The number of hydrogen-bond donors (Lipinski definition) is 3. The van der Waals surface area contributed by atoms with Crippen LogP contribution in [0.25, 0.3) is 15.3 Å². The van der Waals surface area contributed by atoms with Gasteiger partial charge in [0.2, 0.25) is 5.91 Å².